The van der Waals surface area contributed by atoms with Crippen LogP contribution in [0.1, 0.15) is 176 Å². The molecule has 4 rings (SSSR count). The van der Waals surface area contributed by atoms with Crippen LogP contribution in [-0.2, 0) is 15.6 Å². The summed E-state index contributed by atoms with van der Waals surface area (Å²) in [4.78, 5) is 23.4. The van der Waals surface area contributed by atoms with Gasteiger partial charge in [0.15, 0.2) is 5.71 Å². The van der Waals surface area contributed by atoms with Crippen LogP contribution in [0.25, 0.3) is 0 Å². The predicted octanol–water partition coefficient (Wildman–Crippen LogP) is 10.9. The molecule has 2 aliphatic heterocycles. The fourth-order valence-electron chi connectivity index (χ4n) is 11.4. The fraction of sp³-hybridized carbons (Fsp3) is 0.705. The number of hydrogen-bond acceptors (Lipinski definition) is 8. The number of rotatable bonds is 39. The first-order valence-electron chi connectivity index (χ1n) is 28.9. The number of fused-ring (bicyclic) bond motifs is 2. The maximum Gasteiger partial charge on any atom is 0.219 e. The molecule has 71 heavy (non-hydrogen) atoms. The summed E-state index contributed by atoms with van der Waals surface area (Å²) in [5.41, 5.74) is 25.4. The Bertz CT molecular complexity index is 1890. The van der Waals surface area contributed by atoms with Gasteiger partial charge in [0, 0.05) is 66.5 Å². The number of amides is 1. The van der Waals surface area contributed by atoms with Crippen molar-refractivity contribution < 1.29 is 9.37 Å². The van der Waals surface area contributed by atoms with Crippen molar-refractivity contribution in [1.82, 2.24) is 20.0 Å². The summed E-state index contributed by atoms with van der Waals surface area (Å²) < 4.78 is 2.56. The molecule has 1 amide bonds. The van der Waals surface area contributed by atoms with Gasteiger partial charge in [0.25, 0.3) is 0 Å². The molecule has 0 fully saturated rings. The van der Waals surface area contributed by atoms with Gasteiger partial charge in [0.05, 0.1) is 5.41 Å². The number of hydrogen-bond donors (Lipinski definition) is 4. The number of benzene rings is 2. The van der Waals surface area contributed by atoms with E-state index < -0.39 is 0 Å². The zero-order valence-electron chi connectivity index (χ0n) is 46.8. The summed E-state index contributed by atoms with van der Waals surface area (Å²) in [6.07, 6.45) is 26.1. The van der Waals surface area contributed by atoms with Crippen molar-refractivity contribution in [2.75, 3.05) is 96.5 Å². The zero-order chi connectivity index (χ0) is 51.5. The van der Waals surface area contributed by atoms with Crippen molar-refractivity contribution in [3.63, 3.8) is 0 Å². The van der Waals surface area contributed by atoms with Gasteiger partial charge in [0.2, 0.25) is 11.6 Å². The summed E-state index contributed by atoms with van der Waals surface area (Å²) in [6, 6.07) is 18.6. The molecule has 2 unspecified atom stereocenters. The molecule has 0 spiro atoms. The Morgan fingerprint density at radius 2 is 1.24 bits per heavy atom. The number of nitrogens with zero attached hydrogens (tertiary/aromatic N) is 5. The van der Waals surface area contributed by atoms with Crippen LogP contribution >= 0.6 is 0 Å². The van der Waals surface area contributed by atoms with Crippen molar-refractivity contribution in [3.05, 3.63) is 83.6 Å². The molecule has 0 aliphatic carbocycles. The zero-order valence-corrected chi connectivity index (χ0v) is 46.8. The molecule has 0 bridgehead atoms. The molecule has 2 atom stereocenters. The number of anilines is 1. The van der Waals surface area contributed by atoms with Gasteiger partial charge in [0.1, 0.15) is 6.54 Å². The van der Waals surface area contributed by atoms with E-state index in [1.807, 2.05) is 0 Å². The Morgan fingerprint density at radius 3 is 1.85 bits per heavy atom. The topological polar surface area (TPSA) is 123 Å². The number of nitrogens with two attached hydrogens (primary N) is 3. The molecule has 2 heterocycles. The van der Waals surface area contributed by atoms with E-state index in [4.69, 9.17) is 17.2 Å². The highest BCUT2D eigenvalue weighted by Crippen LogP contribution is 2.48. The smallest absolute Gasteiger partial charge is 0.219 e. The van der Waals surface area contributed by atoms with E-state index in [0.29, 0.717) is 12.5 Å². The lowest BCUT2D eigenvalue weighted by atomic mass is 9.81. The predicted molar refractivity (Wildman–Crippen MR) is 306 cm³/mol. The van der Waals surface area contributed by atoms with Crippen LogP contribution in [0.5, 0.6) is 0 Å². The number of nitrogens with one attached hydrogen (secondary N) is 1. The SMILES string of the molecule is CCC(C)CC(CCN1C(=CC=CC2=[N+](CCCCCC(=O)NCCCN(CCCN)CCCCCCCCN(CCCN)CCCN)c3ccccc3C2(C)C)C(C)(C)c2ccccc21)N(CC)CC. The fourth-order valence-corrected chi connectivity index (χ4v) is 11.4. The van der Waals surface area contributed by atoms with Gasteiger partial charge in [-0.3, -0.25) is 4.79 Å². The van der Waals surface area contributed by atoms with E-state index in [1.165, 1.54) is 91.8 Å². The average Bonchev–Trinajstić information content (AvgIpc) is 3.72. The first kappa shape index (κ1) is 60.2. The lowest BCUT2D eigenvalue weighted by Gasteiger charge is -2.34. The minimum absolute atomic E-state index is 0.0999. The Morgan fingerprint density at radius 1 is 0.690 bits per heavy atom. The second-order valence-electron chi connectivity index (χ2n) is 22.0. The van der Waals surface area contributed by atoms with Crippen molar-refractivity contribution >= 4 is 23.0 Å². The van der Waals surface area contributed by atoms with Gasteiger partial charge in [-0.1, -0.05) is 116 Å². The van der Waals surface area contributed by atoms with E-state index in [-0.39, 0.29) is 16.7 Å². The van der Waals surface area contributed by atoms with Crippen LogP contribution in [0.3, 0.4) is 0 Å². The molecule has 0 saturated carbocycles. The van der Waals surface area contributed by atoms with Crippen LogP contribution in [-0.4, -0.2) is 129 Å². The van der Waals surface area contributed by atoms with Crippen molar-refractivity contribution in [1.29, 1.82) is 0 Å². The Kier molecular flexibility index (Phi) is 27.7. The monoisotopic (exact) mass is 981 g/mol. The third-order valence-corrected chi connectivity index (χ3v) is 16.0. The Balaban J connectivity index is 1.28. The highest BCUT2D eigenvalue weighted by Gasteiger charge is 2.44. The first-order valence-corrected chi connectivity index (χ1v) is 28.9. The van der Waals surface area contributed by atoms with Gasteiger partial charge >= 0.3 is 0 Å². The Labute approximate surface area is 435 Å². The minimum Gasteiger partial charge on any atom is -0.356 e. The molecule has 2 aromatic rings. The molecule has 7 N–H and O–H groups in total. The molecule has 0 aromatic heterocycles. The number of carbonyl (C=O) groups is 1. The highest BCUT2D eigenvalue weighted by atomic mass is 16.1. The number of allylic oxidation sites excluding steroid dienone is 4. The number of carbonyl (C=O) groups excluding carboxylic acids is 1. The molecule has 0 saturated heterocycles. The van der Waals surface area contributed by atoms with E-state index >= 15 is 0 Å². The summed E-state index contributed by atoms with van der Waals surface area (Å²) >= 11 is 0. The van der Waals surface area contributed by atoms with Crippen molar-refractivity contribution in [2.45, 2.75) is 181 Å². The summed E-state index contributed by atoms with van der Waals surface area (Å²) in [5.74, 6) is 0.901. The molecule has 10 nitrogen and oxygen atoms in total. The maximum atomic E-state index is 13.0. The Hall–Kier alpha value is -3.38. The van der Waals surface area contributed by atoms with E-state index in [2.05, 4.69) is 152 Å². The standard InChI is InChI=1S/C61H105N9O/c1-9-51(4)50-52(68(10-2)11-3)37-49-70-56-33-21-19-31-54(56)61(7,8)58(70)35-25-34-57-60(5,6)53-30-18-20-32-55(53)69(57)48-24-16-17-36-59(71)65-41-29-47-67(46-28-40-64)43-23-15-13-12-14-22-42-66(44-26-38-62)45-27-39-63/h18-21,25,30-35,51-52H,9-17,22-24,26-29,36-50,62-64H2,1-8H3/p+1. The lowest BCUT2D eigenvalue weighted by molar-refractivity contribution is -0.438. The molecule has 2 aromatic carbocycles. The maximum absolute atomic E-state index is 13.0. The summed E-state index contributed by atoms with van der Waals surface area (Å²) in [5, 5.41) is 3.24. The van der Waals surface area contributed by atoms with Gasteiger partial charge in [-0.05, 0) is 174 Å². The van der Waals surface area contributed by atoms with Gasteiger partial charge in [-0.25, -0.2) is 0 Å². The van der Waals surface area contributed by atoms with Crippen LogP contribution in [0.2, 0.25) is 0 Å². The quantitative estimate of drug-likeness (QED) is 0.0386. The third kappa shape index (κ3) is 18.8. The lowest BCUT2D eigenvalue weighted by Crippen LogP contribution is -2.39. The molecule has 2 aliphatic rings. The first-order chi connectivity index (χ1) is 34.4. The molecule has 10 heteroatoms. The van der Waals surface area contributed by atoms with Crippen molar-refractivity contribution in [2.24, 2.45) is 23.1 Å². The van der Waals surface area contributed by atoms with E-state index in [1.54, 1.807) is 0 Å². The van der Waals surface area contributed by atoms with Crippen LogP contribution in [0.15, 0.2) is 72.5 Å². The molecule has 0 radical (unpaired) electrons. The van der Waals surface area contributed by atoms with Gasteiger partial charge < -0.3 is 42.1 Å². The second kappa shape index (κ2) is 32.7. The minimum atomic E-state index is -0.121. The summed E-state index contributed by atoms with van der Waals surface area (Å²) in [7, 11) is 0. The highest BCUT2D eigenvalue weighted by molar-refractivity contribution is 6.03. The third-order valence-electron chi connectivity index (χ3n) is 16.0. The van der Waals surface area contributed by atoms with Crippen molar-refractivity contribution in [3.8, 4) is 0 Å². The second-order valence-corrected chi connectivity index (χ2v) is 22.0. The van der Waals surface area contributed by atoms with Gasteiger partial charge in [-0.15, -0.1) is 0 Å². The number of para-hydroxylation sites is 2. The normalized spacial score (nSPS) is 16.6. The largest absolute Gasteiger partial charge is 0.356 e. The van der Waals surface area contributed by atoms with Crippen LogP contribution < -0.4 is 27.4 Å². The van der Waals surface area contributed by atoms with E-state index in [9.17, 15) is 4.79 Å². The van der Waals surface area contributed by atoms with Gasteiger partial charge in [-0.2, -0.15) is 4.58 Å². The van der Waals surface area contributed by atoms with E-state index in [0.717, 1.165) is 142 Å². The molecule has 400 valence electrons. The van der Waals surface area contributed by atoms with Crippen LogP contribution in [0, 0.1) is 5.92 Å². The molecular weight excluding hydrogens is 875 g/mol. The van der Waals surface area contributed by atoms with Crippen LogP contribution in [0.4, 0.5) is 11.4 Å². The molecular formula is C61H106N9O+. The average molecular weight is 982 g/mol. The summed E-state index contributed by atoms with van der Waals surface area (Å²) in [6.45, 7) is 32.6. The number of unbranched alkanes of at least 4 members (excludes halogenated alkanes) is 7.